The molecule has 10 heteroatoms. The molecule has 0 aliphatic heterocycles. The molecule has 0 spiro atoms. The van der Waals surface area contributed by atoms with Gasteiger partial charge in [-0.1, -0.05) is 24.3 Å². The fraction of sp³-hybridized carbons (Fsp3) is 0.462. The molecule has 5 nitrogen and oxygen atoms in total. The van der Waals surface area contributed by atoms with Crippen molar-refractivity contribution < 1.29 is 31.5 Å². The highest BCUT2D eigenvalue weighted by Crippen LogP contribution is 2.34. The van der Waals surface area contributed by atoms with Gasteiger partial charge in [0.05, 0.1) is 11.1 Å². The standard InChI is InChI=1S/C13H15ClF3NO4S/c1-3-8-23(21,22)12(7-5-4-6-9(12)14)18-10(19)11(2,20)13(15,16)17/h3-7,9,20H,1,8H2,2H3,(H,18,19)/t9?,11-,12?/m1/s1. The molecule has 0 heterocycles. The van der Waals surface area contributed by atoms with E-state index in [4.69, 9.17) is 11.6 Å². The first-order valence-electron chi connectivity index (χ1n) is 6.27. The van der Waals surface area contributed by atoms with Crippen LogP contribution in [0.1, 0.15) is 6.92 Å². The van der Waals surface area contributed by atoms with E-state index in [0.717, 1.165) is 12.2 Å². The number of sulfone groups is 1. The molecule has 0 saturated carbocycles. The highest BCUT2D eigenvalue weighted by atomic mass is 35.5. The molecule has 1 aliphatic carbocycles. The average molecular weight is 374 g/mol. The second kappa shape index (κ2) is 6.29. The molecule has 1 aliphatic rings. The van der Waals surface area contributed by atoms with Gasteiger partial charge in [-0.05, 0) is 13.0 Å². The molecule has 2 unspecified atom stereocenters. The zero-order valence-corrected chi connectivity index (χ0v) is 13.5. The van der Waals surface area contributed by atoms with Gasteiger partial charge in [-0.15, -0.1) is 18.2 Å². The molecular weight excluding hydrogens is 359 g/mol. The summed E-state index contributed by atoms with van der Waals surface area (Å²) in [4.78, 5) is 9.56. The Morgan fingerprint density at radius 2 is 2.04 bits per heavy atom. The highest BCUT2D eigenvalue weighted by Gasteiger charge is 2.59. The van der Waals surface area contributed by atoms with Crippen LogP contribution >= 0.6 is 11.6 Å². The van der Waals surface area contributed by atoms with Crippen LogP contribution < -0.4 is 5.32 Å². The predicted molar refractivity (Wildman–Crippen MR) is 79.5 cm³/mol. The first-order valence-corrected chi connectivity index (χ1v) is 8.35. The summed E-state index contributed by atoms with van der Waals surface area (Å²) in [6.07, 6.45) is 0.492. The first-order chi connectivity index (χ1) is 10.3. The Bertz CT molecular complexity index is 655. The van der Waals surface area contributed by atoms with Gasteiger partial charge in [-0.25, -0.2) is 8.42 Å². The lowest BCUT2D eigenvalue weighted by molar-refractivity contribution is -0.245. The molecule has 0 radical (unpaired) electrons. The van der Waals surface area contributed by atoms with Crippen molar-refractivity contribution in [1.29, 1.82) is 0 Å². The Hall–Kier alpha value is -1.32. The van der Waals surface area contributed by atoms with Crippen molar-refractivity contribution in [2.75, 3.05) is 5.75 Å². The largest absolute Gasteiger partial charge is 0.426 e. The van der Waals surface area contributed by atoms with Gasteiger partial charge in [-0.3, -0.25) is 4.79 Å². The third kappa shape index (κ3) is 3.46. The molecule has 1 amide bonds. The number of carbonyl (C=O) groups excluding carboxylic acids is 1. The maximum absolute atomic E-state index is 12.8. The molecule has 130 valence electrons. The Morgan fingerprint density at radius 1 is 1.48 bits per heavy atom. The van der Waals surface area contributed by atoms with Gasteiger partial charge >= 0.3 is 6.18 Å². The van der Waals surface area contributed by atoms with E-state index >= 15 is 0 Å². The second-order valence-corrected chi connectivity index (χ2v) is 7.74. The topological polar surface area (TPSA) is 83.5 Å². The predicted octanol–water partition coefficient (Wildman–Crippen LogP) is 1.45. The molecule has 0 saturated heterocycles. The molecule has 23 heavy (non-hydrogen) atoms. The summed E-state index contributed by atoms with van der Waals surface area (Å²) in [6, 6.07) is 0. The van der Waals surface area contributed by atoms with Crippen LogP contribution in [0.4, 0.5) is 13.2 Å². The number of nitrogens with one attached hydrogen (secondary N) is 1. The van der Waals surface area contributed by atoms with Crippen molar-refractivity contribution in [1.82, 2.24) is 5.32 Å². The molecule has 0 aromatic carbocycles. The van der Waals surface area contributed by atoms with Crippen molar-refractivity contribution in [3.05, 3.63) is 37.0 Å². The highest BCUT2D eigenvalue weighted by molar-refractivity contribution is 7.93. The van der Waals surface area contributed by atoms with Crippen molar-refractivity contribution in [2.24, 2.45) is 0 Å². The van der Waals surface area contributed by atoms with Gasteiger partial charge in [0.2, 0.25) is 5.60 Å². The van der Waals surface area contributed by atoms with Crippen LogP contribution in [0.2, 0.25) is 0 Å². The summed E-state index contributed by atoms with van der Waals surface area (Å²) in [6.45, 7) is 3.48. The molecule has 3 atom stereocenters. The van der Waals surface area contributed by atoms with Gasteiger partial charge < -0.3 is 10.4 Å². The molecular formula is C13H15ClF3NO4S. The minimum Gasteiger partial charge on any atom is -0.373 e. The Balaban J connectivity index is 3.36. The maximum Gasteiger partial charge on any atom is 0.426 e. The van der Waals surface area contributed by atoms with Crippen LogP contribution in [0.15, 0.2) is 37.0 Å². The number of aliphatic hydroxyl groups is 1. The summed E-state index contributed by atoms with van der Waals surface area (Å²) >= 11 is 5.94. The Kier molecular flexibility index (Phi) is 5.40. The maximum atomic E-state index is 12.8. The van der Waals surface area contributed by atoms with Gasteiger partial charge in [0, 0.05) is 0 Å². The minimum atomic E-state index is -5.30. The van der Waals surface area contributed by atoms with Gasteiger partial charge in [0.25, 0.3) is 5.91 Å². The Morgan fingerprint density at radius 3 is 2.48 bits per heavy atom. The van der Waals surface area contributed by atoms with E-state index in [-0.39, 0.29) is 6.92 Å². The summed E-state index contributed by atoms with van der Waals surface area (Å²) in [5.74, 6) is -2.56. The lowest BCUT2D eigenvalue weighted by Crippen LogP contribution is -2.65. The number of rotatable bonds is 5. The SMILES string of the molecule is C=CCS(=O)(=O)C1(NC(=O)[C@@](C)(O)C(F)(F)F)C=CC=CC1Cl. The van der Waals surface area contributed by atoms with Crippen molar-refractivity contribution in [3.63, 3.8) is 0 Å². The molecule has 0 bridgehead atoms. The number of amides is 1. The van der Waals surface area contributed by atoms with E-state index in [2.05, 4.69) is 6.58 Å². The summed E-state index contributed by atoms with van der Waals surface area (Å²) in [7, 11) is -4.24. The number of hydrogen-bond acceptors (Lipinski definition) is 4. The monoisotopic (exact) mass is 373 g/mol. The van der Waals surface area contributed by atoms with E-state index in [0.29, 0.717) is 0 Å². The number of alkyl halides is 4. The summed E-state index contributed by atoms with van der Waals surface area (Å²) in [5.41, 5.74) is -3.78. The van der Waals surface area contributed by atoms with Crippen molar-refractivity contribution >= 4 is 27.3 Å². The molecule has 1 rings (SSSR count). The van der Waals surface area contributed by atoms with E-state index in [1.807, 2.05) is 0 Å². The fourth-order valence-corrected chi connectivity index (χ4v) is 3.94. The Labute approximate surface area is 136 Å². The normalized spacial score (nSPS) is 27.3. The molecule has 0 fully saturated rings. The van der Waals surface area contributed by atoms with E-state index in [1.54, 1.807) is 5.32 Å². The third-order valence-electron chi connectivity index (χ3n) is 3.30. The lowest BCUT2D eigenvalue weighted by Gasteiger charge is -2.37. The quantitative estimate of drug-likeness (QED) is 0.564. The fourth-order valence-electron chi connectivity index (χ4n) is 1.78. The van der Waals surface area contributed by atoms with E-state index in [9.17, 15) is 31.5 Å². The van der Waals surface area contributed by atoms with Crippen LogP contribution in [0, 0.1) is 0 Å². The second-order valence-electron chi connectivity index (χ2n) is 5.03. The summed E-state index contributed by atoms with van der Waals surface area (Å²) in [5, 5.41) is 9.78. The number of halogens is 4. The lowest BCUT2D eigenvalue weighted by atomic mass is 10.0. The van der Waals surface area contributed by atoms with E-state index in [1.165, 1.54) is 18.2 Å². The molecule has 0 aromatic rings. The zero-order valence-electron chi connectivity index (χ0n) is 12.0. The number of allylic oxidation sites excluding steroid dienone is 2. The van der Waals surface area contributed by atoms with Crippen LogP contribution in [-0.4, -0.2) is 47.2 Å². The zero-order chi connectivity index (χ0) is 18.1. The third-order valence-corrected chi connectivity index (χ3v) is 6.11. The number of carbonyl (C=O) groups is 1. The van der Waals surface area contributed by atoms with Crippen LogP contribution in [0.5, 0.6) is 0 Å². The van der Waals surface area contributed by atoms with Crippen LogP contribution in [0.25, 0.3) is 0 Å². The van der Waals surface area contributed by atoms with Gasteiger partial charge in [0.1, 0.15) is 0 Å². The number of hydrogen-bond donors (Lipinski definition) is 2. The van der Waals surface area contributed by atoms with Crippen LogP contribution in [-0.2, 0) is 14.6 Å². The average Bonchev–Trinajstić information content (AvgIpc) is 2.39. The minimum absolute atomic E-state index is 0.224. The van der Waals surface area contributed by atoms with Gasteiger partial charge in [-0.2, -0.15) is 13.2 Å². The first kappa shape index (κ1) is 19.7. The molecule has 2 N–H and O–H groups in total. The smallest absolute Gasteiger partial charge is 0.373 e. The van der Waals surface area contributed by atoms with Gasteiger partial charge in [0.15, 0.2) is 14.7 Å². The van der Waals surface area contributed by atoms with E-state index < -0.39 is 43.5 Å². The van der Waals surface area contributed by atoms with Crippen molar-refractivity contribution in [3.8, 4) is 0 Å². The summed E-state index contributed by atoms with van der Waals surface area (Å²) < 4.78 is 63.1. The van der Waals surface area contributed by atoms with Crippen LogP contribution in [0.3, 0.4) is 0 Å². The molecule has 0 aromatic heterocycles. The van der Waals surface area contributed by atoms with Crippen molar-refractivity contribution in [2.45, 2.75) is 28.9 Å².